The van der Waals surface area contributed by atoms with Gasteiger partial charge in [0.05, 0.1) is 16.6 Å². The smallest absolute Gasteiger partial charge is 0.335 e. The zero-order chi connectivity index (χ0) is 12.3. The lowest BCUT2D eigenvalue weighted by Gasteiger charge is -2.19. The largest absolute Gasteiger partial charge is 0.492 e. The van der Waals surface area contributed by atoms with Crippen molar-refractivity contribution in [2.45, 2.75) is 20.8 Å². The molecule has 0 aliphatic carbocycles. The number of ether oxygens (including phenoxy) is 1. The van der Waals surface area contributed by atoms with Crippen molar-refractivity contribution in [3.8, 4) is 5.75 Å². The van der Waals surface area contributed by atoms with Crippen LogP contribution in [-0.2, 0) is 0 Å². The van der Waals surface area contributed by atoms with Gasteiger partial charge in [0.1, 0.15) is 5.75 Å². The van der Waals surface area contributed by atoms with Gasteiger partial charge in [-0.25, -0.2) is 4.79 Å². The molecule has 1 rings (SSSR count). The predicted molar refractivity (Wildman–Crippen MR) is 66.1 cm³/mol. The lowest BCUT2D eigenvalue weighted by atomic mass is 9.99. The van der Waals surface area contributed by atoms with E-state index in [1.54, 1.807) is 12.1 Å². The van der Waals surface area contributed by atoms with E-state index in [0.29, 0.717) is 16.8 Å². The van der Waals surface area contributed by atoms with Gasteiger partial charge in [-0.05, 0) is 39.5 Å². The summed E-state index contributed by atoms with van der Waals surface area (Å²) in [6, 6.07) is 4.74. The van der Waals surface area contributed by atoms with E-state index in [1.807, 2.05) is 0 Å². The Bertz CT molecular complexity index is 394. The molecule has 0 fully saturated rings. The molecule has 4 heteroatoms. The van der Waals surface area contributed by atoms with Gasteiger partial charge in [-0.3, -0.25) is 0 Å². The minimum atomic E-state index is -0.942. The lowest BCUT2D eigenvalue weighted by molar-refractivity contribution is 0.0696. The van der Waals surface area contributed by atoms with Gasteiger partial charge in [0, 0.05) is 0 Å². The molecular formula is C12H15BrO3. The number of benzene rings is 1. The molecule has 0 saturated heterocycles. The number of rotatable bonds is 3. The summed E-state index contributed by atoms with van der Waals surface area (Å²) in [4.78, 5) is 10.7. The molecule has 0 heterocycles. The van der Waals surface area contributed by atoms with E-state index < -0.39 is 5.97 Å². The normalized spacial score (nSPS) is 11.2. The summed E-state index contributed by atoms with van der Waals surface area (Å²) in [7, 11) is 0. The first kappa shape index (κ1) is 13.0. The predicted octanol–water partition coefficient (Wildman–Crippen LogP) is 3.57. The van der Waals surface area contributed by atoms with Gasteiger partial charge in [-0.1, -0.05) is 20.8 Å². The number of carboxylic acids is 1. The Kier molecular flexibility index (Phi) is 3.97. The van der Waals surface area contributed by atoms with Gasteiger partial charge in [-0.15, -0.1) is 0 Å². The van der Waals surface area contributed by atoms with Gasteiger partial charge in [0.2, 0.25) is 0 Å². The first-order valence-electron chi connectivity index (χ1n) is 4.95. The van der Waals surface area contributed by atoms with Crippen LogP contribution in [0.3, 0.4) is 0 Å². The van der Waals surface area contributed by atoms with Crippen LogP contribution in [-0.4, -0.2) is 17.7 Å². The van der Waals surface area contributed by atoms with Crippen LogP contribution in [0.5, 0.6) is 5.75 Å². The van der Waals surface area contributed by atoms with E-state index in [0.717, 1.165) is 0 Å². The average molecular weight is 287 g/mol. The maximum absolute atomic E-state index is 10.7. The molecule has 1 aromatic rings. The molecule has 88 valence electrons. The molecule has 0 aromatic heterocycles. The number of hydrogen-bond donors (Lipinski definition) is 1. The molecule has 0 unspecified atom stereocenters. The van der Waals surface area contributed by atoms with E-state index in [9.17, 15) is 4.79 Å². The van der Waals surface area contributed by atoms with Gasteiger partial charge < -0.3 is 9.84 Å². The number of aromatic carboxylic acids is 1. The summed E-state index contributed by atoms with van der Waals surface area (Å²) in [6.45, 7) is 6.81. The monoisotopic (exact) mass is 286 g/mol. The zero-order valence-electron chi connectivity index (χ0n) is 9.58. The summed E-state index contributed by atoms with van der Waals surface area (Å²) >= 11 is 3.29. The van der Waals surface area contributed by atoms with Gasteiger partial charge in [-0.2, -0.15) is 0 Å². The third kappa shape index (κ3) is 3.85. The lowest BCUT2D eigenvalue weighted by Crippen LogP contribution is -2.17. The topological polar surface area (TPSA) is 46.5 Å². The van der Waals surface area contributed by atoms with E-state index in [4.69, 9.17) is 9.84 Å². The Balaban J connectivity index is 2.80. The fourth-order valence-electron chi connectivity index (χ4n) is 1.05. The number of hydrogen-bond acceptors (Lipinski definition) is 2. The Morgan fingerprint density at radius 1 is 1.44 bits per heavy atom. The van der Waals surface area contributed by atoms with Gasteiger partial charge >= 0.3 is 5.97 Å². The van der Waals surface area contributed by atoms with Crippen LogP contribution in [0.1, 0.15) is 31.1 Å². The van der Waals surface area contributed by atoms with Crippen LogP contribution < -0.4 is 4.74 Å². The fourth-order valence-corrected chi connectivity index (χ4v) is 1.54. The molecule has 1 N–H and O–H groups in total. The summed E-state index contributed by atoms with van der Waals surface area (Å²) < 4.78 is 6.26. The van der Waals surface area contributed by atoms with Crippen LogP contribution in [0.4, 0.5) is 0 Å². The van der Waals surface area contributed by atoms with Gasteiger partial charge in [0.15, 0.2) is 0 Å². The molecule has 0 bridgehead atoms. The maximum atomic E-state index is 10.7. The third-order valence-electron chi connectivity index (χ3n) is 1.84. The van der Waals surface area contributed by atoms with Crippen LogP contribution >= 0.6 is 15.9 Å². The third-order valence-corrected chi connectivity index (χ3v) is 2.46. The fraction of sp³-hybridized carbons (Fsp3) is 0.417. The molecule has 0 saturated carbocycles. The number of carboxylic acid groups (broad SMARTS) is 1. The molecule has 0 atom stereocenters. The van der Waals surface area contributed by atoms with Crippen molar-refractivity contribution < 1.29 is 14.6 Å². The molecule has 0 spiro atoms. The minimum absolute atomic E-state index is 0.0743. The van der Waals surface area contributed by atoms with Crippen LogP contribution in [0.2, 0.25) is 0 Å². The second-order valence-corrected chi connectivity index (χ2v) is 5.65. The average Bonchev–Trinajstić information content (AvgIpc) is 2.14. The molecule has 3 nitrogen and oxygen atoms in total. The first-order valence-corrected chi connectivity index (χ1v) is 5.74. The second kappa shape index (κ2) is 4.87. The number of carbonyl (C=O) groups is 1. The van der Waals surface area contributed by atoms with Crippen molar-refractivity contribution in [1.82, 2.24) is 0 Å². The molecule has 0 aliphatic heterocycles. The Morgan fingerprint density at radius 3 is 2.50 bits per heavy atom. The van der Waals surface area contributed by atoms with Crippen molar-refractivity contribution in [1.29, 1.82) is 0 Å². The van der Waals surface area contributed by atoms with Crippen LogP contribution in [0, 0.1) is 5.41 Å². The van der Waals surface area contributed by atoms with Crippen molar-refractivity contribution >= 4 is 21.9 Å². The summed E-state index contributed by atoms with van der Waals surface area (Å²) in [6.07, 6.45) is 0. The Labute approximate surface area is 104 Å². The van der Waals surface area contributed by atoms with Crippen molar-refractivity contribution in [3.05, 3.63) is 28.2 Å². The standard InChI is InChI=1S/C12H15BrO3/c1-12(2,3)7-16-10-5-4-8(11(14)15)6-9(10)13/h4-6H,7H2,1-3H3,(H,14,15). The Hall–Kier alpha value is -1.03. The highest BCUT2D eigenvalue weighted by Gasteiger charge is 2.13. The zero-order valence-corrected chi connectivity index (χ0v) is 11.2. The molecule has 0 aliphatic rings. The van der Waals surface area contributed by atoms with E-state index in [1.165, 1.54) is 6.07 Å². The molecule has 16 heavy (non-hydrogen) atoms. The van der Waals surface area contributed by atoms with Crippen molar-refractivity contribution in [2.24, 2.45) is 5.41 Å². The highest BCUT2D eigenvalue weighted by Crippen LogP contribution is 2.27. The van der Waals surface area contributed by atoms with E-state index in [-0.39, 0.29) is 11.0 Å². The highest BCUT2D eigenvalue weighted by molar-refractivity contribution is 9.10. The van der Waals surface area contributed by atoms with Gasteiger partial charge in [0.25, 0.3) is 0 Å². The Morgan fingerprint density at radius 2 is 2.06 bits per heavy atom. The first-order chi connectivity index (χ1) is 7.29. The summed E-state index contributed by atoms with van der Waals surface area (Å²) in [5.74, 6) is -0.275. The van der Waals surface area contributed by atoms with E-state index >= 15 is 0 Å². The molecule has 0 radical (unpaired) electrons. The second-order valence-electron chi connectivity index (χ2n) is 4.80. The number of halogens is 1. The summed E-state index contributed by atoms with van der Waals surface area (Å²) in [5.41, 5.74) is 0.320. The SMILES string of the molecule is CC(C)(C)COc1ccc(C(=O)O)cc1Br. The minimum Gasteiger partial charge on any atom is -0.492 e. The molecule has 0 amide bonds. The van der Waals surface area contributed by atoms with Crippen molar-refractivity contribution in [2.75, 3.05) is 6.61 Å². The van der Waals surface area contributed by atoms with Crippen LogP contribution in [0.25, 0.3) is 0 Å². The molecule has 1 aromatic carbocycles. The summed E-state index contributed by atoms with van der Waals surface area (Å²) in [5, 5.41) is 8.80. The quantitative estimate of drug-likeness (QED) is 0.924. The van der Waals surface area contributed by atoms with Crippen LogP contribution in [0.15, 0.2) is 22.7 Å². The maximum Gasteiger partial charge on any atom is 0.335 e. The highest BCUT2D eigenvalue weighted by atomic mass is 79.9. The van der Waals surface area contributed by atoms with E-state index in [2.05, 4.69) is 36.7 Å². The molecular weight excluding hydrogens is 272 g/mol. The van der Waals surface area contributed by atoms with Crippen molar-refractivity contribution in [3.63, 3.8) is 0 Å².